The number of nitro groups is 2. The highest BCUT2D eigenvalue weighted by Crippen LogP contribution is 2.44. The van der Waals surface area contributed by atoms with E-state index in [4.69, 9.17) is 9.97 Å². The summed E-state index contributed by atoms with van der Waals surface area (Å²) in [7, 11) is 0. The van der Waals surface area contributed by atoms with Crippen LogP contribution in [0.1, 0.15) is 0 Å². The van der Waals surface area contributed by atoms with Crippen molar-refractivity contribution in [1.29, 1.82) is 0 Å². The number of aromatic nitrogens is 8. The SMILES string of the molecule is O=c1c2cc(/N=N/c3ccc(-c4ncc(-c5cnc(-c6ccc(/N=N/c7cc8c(=O)n9c%10ccc([N+](=O)[O-])cc%10nc9c9cccc(c7O)c89)cc6)n5-c5ccccc5)[nH]4)cc3)c(O)c3cccc(c32)c2nc3cc([N+](=O)[O-])ccc3n12. The highest BCUT2D eigenvalue weighted by molar-refractivity contribution is 6.20. The number of imidazole rings is 4. The maximum Gasteiger partial charge on any atom is 0.271 e. The maximum absolute atomic E-state index is 14.2. The minimum Gasteiger partial charge on any atom is -0.505 e. The van der Waals surface area contributed by atoms with Gasteiger partial charge < -0.3 is 15.2 Å². The minimum atomic E-state index is -0.518. The number of fused-ring (bicyclic) bond motifs is 8. The minimum absolute atomic E-state index is 0.0669. The van der Waals surface area contributed by atoms with Gasteiger partial charge in [0.05, 0.1) is 77.8 Å². The Kier molecular flexibility index (Phi) is 10.1. The van der Waals surface area contributed by atoms with E-state index in [1.165, 1.54) is 57.3 Å². The van der Waals surface area contributed by atoms with Gasteiger partial charge in [-0.25, -0.2) is 19.9 Å². The van der Waals surface area contributed by atoms with E-state index in [1.807, 2.05) is 59.2 Å². The Hall–Kier alpha value is -12.2. The summed E-state index contributed by atoms with van der Waals surface area (Å²) in [5, 5.41) is 67.1. The molecular weight excluding hydrogens is 1040 g/mol. The third-order valence-corrected chi connectivity index (χ3v) is 14.7. The van der Waals surface area contributed by atoms with E-state index in [-0.39, 0.29) is 56.1 Å². The van der Waals surface area contributed by atoms with Crippen molar-refractivity contribution in [3.05, 3.63) is 217 Å². The smallest absolute Gasteiger partial charge is 0.271 e. The van der Waals surface area contributed by atoms with E-state index in [0.29, 0.717) is 83.4 Å². The number of nitrogens with zero attached hydrogens (tertiary/aromatic N) is 13. The second-order valence-corrected chi connectivity index (χ2v) is 19.3. The first-order valence-corrected chi connectivity index (χ1v) is 25.2. The van der Waals surface area contributed by atoms with Crippen LogP contribution in [0.2, 0.25) is 0 Å². The van der Waals surface area contributed by atoms with E-state index in [1.54, 1.807) is 73.1 Å². The molecule has 6 aromatic heterocycles. The van der Waals surface area contributed by atoms with Gasteiger partial charge in [-0.15, -0.1) is 10.2 Å². The summed E-state index contributed by atoms with van der Waals surface area (Å²) >= 11 is 0. The number of hydrogen-bond donors (Lipinski definition) is 3. The summed E-state index contributed by atoms with van der Waals surface area (Å²) in [6.45, 7) is 0. The molecule has 0 aliphatic heterocycles. The lowest BCUT2D eigenvalue weighted by atomic mass is 10.0. The Morgan fingerprint density at radius 2 is 1.00 bits per heavy atom. The van der Waals surface area contributed by atoms with Crippen molar-refractivity contribution < 1.29 is 20.1 Å². The fourth-order valence-corrected chi connectivity index (χ4v) is 10.9. The molecule has 0 bridgehead atoms. The van der Waals surface area contributed by atoms with Gasteiger partial charge in [0.2, 0.25) is 0 Å². The predicted octanol–water partition coefficient (Wildman–Crippen LogP) is 13.5. The molecule has 22 nitrogen and oxygen atoms in total. The number of H-pyrrole nitrogens is 1. The average molecular weight is 1080 g/mol. The first-order valence-electron chi connectivity index (χ1n) is 25.2. The van der Waals surface area contributed by atoms with Crippen LogP contribution in [0.3, 0.4) is 0 Å². The fourth-order valence-electron chi connectivity index (χ4n) is 10.9. The molecular formula is C60H32N14O8. The van der Waals surface area contributed by atoms with Crippen LogP contribution in [0.25, 0.3) is 116 Å². The third kappa shape index (κ3) is 7.14. The highest BCUT2D eigenvalue weighted by Gasteiger charge is 2.24. The normalized spacial score (nSPS) is 12.2. The van der Waals surface area contributed by atoms with Crippen molar-refractivity contribution in [1.82, 2.24) is 38.3 Å². The van der Waals surface area contributed by atoms with E-state index >= 15 is 0 Å². The van der Waals surface area contributed by atoms with Crippen molar-refractivity contribution in [2.75, 3.05) is 0 Å². The number of nitro benzene ring substituents is 2. The molecule has 82 heavy (non-hydrogen) atoms. The van der Waals surface area contributed by atoms with E-state index in [0.717, 1.165) is 22.5 Å². The largest absolute Gasteiger partial charge is 0.505 e. The number of non-ortho nitro benzene ring substituents is 2. The molecule has 3 N–H and O–H groups in total. The molecule has 0 aliphatic carbocycles. The number of nitrogens with one attached hydrogen (secondary N) is 1. The molecule has 0 atom stereocenters. The molecule has 0 saturated heterocycles. The van der Waals surface area contributed by atoms with Crippen molar-refractivity contribution in [2.24, 2.45) is 20.5 Å². The molecule has 0 radical (unpaired) electrons. The van der Waals surface area contributed by atoms with Gasteiger partial charge in [0, 0.05) is 73.4 Å². The maximum atomic E-state index is 14.2. The molecule has 0 fully saturated rings. The molecule has 0 unspecified atom stereocenters. The molecule has 15 rings (SSSR count). The Balaban J connectivity index is 0.709. The van der Waals surface area contributed by atoms with Crippen molar-refractivity contribution in [3.8, 4) is 51.3 Å². The van der Waals surface area contributed by atoms with E-state index in [2.05, 4.69) is 35.4 Å². The quantitative estimate of drug-likeness (QED) is 0.0654. The molecule has 9 aromatic carbocycles. The lowest BCUT2D eigenvalue weighted by Crippen LogP contribution is -2.13. The molecule has 390 valence electrons. The Bertz CT molecular complexity index is 5420. The van der Waals surface area contributed by atoms with Crippen LogP contribution >= 0.6 is 0 Å². The number of pyridine rings is 2. The number of phenolic OH excluding ortho intramolecular Hbond substituents is 2. The Morgan fingerprint density at radius 1 is 0.500 bits per heavy atom. The van der Waals surface area contributed by atoms with Gasteiger partial charge >= 0.3 is 0 Å². The van der Waals surface area contributed by atoms with Crippen LogP contribution in [0.15, 0.2) is 206 Å². The number of aromatic hydroxyl groups is 2. The zero-order valence-corrected chi connectivity index (χ0v) is 41.9. The first kappa shape index (κ1) is 47.0. The summed E-state index contributed by atoms with van der Waals surface area (Å²) in [5.74, 6) is 0.833. The first-order chi connectivity index (χ1) is 39.9. The zero-order chi connectivity index (χ0) is 55.7. The summed E-state index contributed by atoms with van der Waals surface area (Å²) in [4.78, 5) is 72.5. The van der Waals surface area contributed by atoms with E-state index in [9.17, 15) is 40.0 Å². The Morgan fingerprint density at radius 3 is 1.51 bits per heavy atom. The third-order valence-electron chi connectivity index (χ3n) is 14.7. The summed E-state index contributed by atoms with van der Waals surface area (Å²) < 4.78 is 4.84. The van der Waals surface area contributed by atoms with Crippen molar-refractivity contribution in [2.45, 2.75) is 0 Å². The van der Waals surface area contributed by atoms with Gasteiger partial charge in [0.15, 0.2) is 11.5 Å². The van der Waals surface area contributed by atoms with Gasteiger partial charge in [-0.2, -0.15) is 10.2 Å². The van der Waals surface area contributed by atoms with Crippen molar-refractivity contribution >= 4 is 111 Å². The molecule has 22 heteroatoms. The molecule has 15 aromatic rings. The van der Waals surface area contributed by atoms with Crippen molar-refractivity contribution in [3.63, 3.8) is 0 Å². The number of benzene rings is 9. The number of rotatable bonds is 10. The van der Waals surface area contributed by atoms with Crippen LogP contribution in [0, 0.1) is 20.2 Å². The van der Waals surface area contributed by atoms with Gasteiger partial charge in [0.25, 0.3) is 22.5 Å². The molecule has 6 heterocycles. The van der Waals surface area contributed by atoms with Crippen LogP contribution in [-0.4, -0.2) is 58.3 Å². The second-order valence-electron chi connectivity index (χ2n) is 19.3. The zero-order valence-electron chi connectivity index (χ0n) is 41.9. The molecule has 0 amide bonds. The summed E-state index contributed by atoms with van der Waals surface area (Å²) in [5.41, 5.74) is 5.65. The lowest BCUT2D eigenvalue weighted by molar-refractivity contribution is -0.384. The summed E-state index contributed by atoms with van der Waals surface area (Å²) in [6, 6.07) is 45.8. The monoisotopic (exact) mass is 1080 g/mol. The van der Waals surface area contributed by atoms with E-state index < -0.39 is 21.0 Å². The second kappa shape index (κ2) is 17.7. The number of para-hydroxylation sites is 1. The molecule has 0 spiro atoms. The van der Waals surface area contributed by atoms with Gasteiger partial charge in [0.1, 0.15) is 34.3 Å². The highest BCUT2D eigenvalue weighted by atomic mass is 16.6. The standard InChI is InChI=1S/C60H32N14O8/c75-53-37-8-4-10-39-51(37)41(59(77)71-48-22-20-35(73(79)80)24-43(48)64-57(39)71)26-45(53)68-66-32-16-12-30(13-17-32)55-61-28-47(63-55)50-29-62-56(70(50)34-6-2-1-3-7-34)31-14-18-33(19-15-31)67-69-46-27-42-52-38(54(46)76)9-5-11-40(52)58-65-44-25-36(74(81)82)21-23-49(44)72(58)60(42)78/h1-29,75-76H,(H,61,63)/b68-66+,69-67+. The Labute approximate surface area is 456 Å². The van der Waals surface area contributed by atoms with Gasteiger partial charge in [-0.1, -0.05) is 54.6 Å². The van der Waals surface area contributed by atoms with Crippen LogP contribution in [0.5, 0.6) is 11.5 Å². The fraction of sp³-hybridized carbons (Fsp3) is 0. The number of aromatic amines is 1. The van der Waals surface area contributed by atoms with Crippen LogP contribution < -0.4 is 11.1 Å². The van der Waals surface area contributed by atoms with Crippen LogP contribution in [-0.2, 0) is 0 Å². The molecule has 0 saturated carbocycles. The van der Waals surface area contributed by atoms with Crippen LogP contribution in [0.4, 0.5) is 34.1 Å². The number of hydrogen-bond acceptors (Lipinski definition) is 16. The predicted molar refractivity (Wildman–Crippen MR) is 307 cm³/mol. The summed E-state index contributed by atoms with van der Waals surface area (Å²) in [6.07, 6.45) is 3.48. The lowest BCUT2D eigenvalue weighted by Gasteiger charge is -2.12. The number of phenols is 2. The number of azo groups is 2. The average Bonchev–Trinajstić information content (AvgIpc) is 2.15. The van der Waals surface area contributed by atoms with Gasteiger partial charge in [-0.3, -0.25) is 43.2 Å². The molecule has 0 aliphatic rings. The topological polar surface area (TPSA) is 291 Å². The van der Waals surface area contributed by atoms with Gasteiger partial charge in [-0.05, 0) is 84.9 Å².